The predicted molar refractivity (Wildman–Crippen MR) is 100 cm³/mol. The van der Waals surface area contributed by atoms with Crippen LogP contribution in [0.2, 0.25) is 0 Å². The van der Waals surface area contributed by atoms with Crippen molar-refractivity contribution in [3.05, 3.63) is 54.6 Å². The van der Waals surface area contributed by atoms with Gasteiger partial charge >= 0.3 is 0 Å². The van der Waals surface area contributed by atoms with Gasteiger partial charge in [-0.2, -0.15) is 0 Å². The minimum absolute atomic E-state index is 0.0498. The molecule has 0 aliphatic rings. The Labute approximate surface area is 153 Å². The van der Waals surface area contributed by atoms with Gasteiger partial charge in [0, 0.05) is 19.7 Å². The van der Waals surface area contributed by atoms with Gasteiger partial charge in [-0.3, -0.25) is 13.9 Å². The number of nitrogens with one attached hydrogen (secondary N) is 2. The second-order valence-electron chi connectivity index (χ2n) is 5.75. The summed E-state index contributed by atoms with van der Waals surface area (Å²) >= 11 is 0. The molecular formula is C18H21N3O4S. The van der Waals surface area contributed by atoms with Gasteiger partial charge in [0.1, 0.15) is 6.04 Å². The lowest BCUT2D eigenvalue weighted by Crippen LogP contribution is -2.40. The van der Waals surface area contributed by atoms with E-state index in [0.29, 0.717) is 11.4 Å². The number of rotatable bonds is 6. The molecule has 1 atom stereocenters. The lowest BCUT2D eigenvalue weighted by Gasteiger charge is -2.20. The lowest BCUT2D eigenvalue weighted by atomic mass is 10.2. The molecule has 2 N–H and O–H groups in total. The Morgan fingerprint density at radius 1 is 1.04 bits per heavy atom. The Bertz CT molecular complexity index is 898. The van der Waals surface area contributed by atoms with Crippen LogP contribution >= 0.6 is 0 Å². The second-order valence-corrected chi connectivity index (χ2v) is 7.72. The van der Waals surface area contributed by atoms with E-state index in [1.54, 1.807) is 49.4 Å². The molecule has 0 fully saturated rings. The molecule has 0 aromatic heterocycles. The highest BCUT2D eigenvalue weighted by atomic mass is 32.2. The molecule has 7 nitrogen and oxygen atoms in total. The SMILES string of the molecule is CC(=O)N[C@@H](C)C(=O)Nc1cccc(S(=O)(=O)N(C)c2ccccc2)c1. The number of nitrogens with zero attached hydrogens (tertiary/aromatic N) is 1. The fourth-order valence-electron chi connectivity index (χ4n) is 2.29. The molecule has 2 aromatic carbocycles. The van der Waals surface area contributed by atoms with Gasteiger partial charge in [0.25, 0.3) is 10.0 Å². The first-order valence-corrected chi connectivity index (χ1v) is 9.38. The van der Waals surface area contributed by atoms with Crippen LogP contribution in [-0.2, 0) is 19.6 Å². The van der Waals surface area contributed by atoms with Crippen molar-refractivity contribution in [1.82, 2.24) is 5.32 Å². The number of sulfonamides is 1. The van der Waals surface area contributed by atoms with Gasteiger partial charge < -0.3 is 10.6 Å². The molecule has 0 aliphatic heterocycles. The van der Waals surface area contributed by atoms with Crippen LogP contribution in [0.1, 0.15) is 13.8 Å². The van der Waals surface area contributed by atoms with Crippen LogP contribution in [0.3, 0.4) is 0 Å². The van der Waals surface area contributed by atoms with Crippen molar-refractivity contribution in [3.63, 3.8) is 0 Å². The molecule has 2 amide bonds. The molecule has 0 spiro atoms. The highest BCUT2D eigenvalue weighted by molar-refractivity contribution is 7.92. The molecule has 0 aliphatic carbocycles. The van der Waals surface area contributed by atoms with Crippen molar-refractivity contribution in [1.29, 1.82) is 0 Å². The maximum absolute atomic E-state index is 12.8. The summed E-state index contributed by atoms with van der Waals surface area (Å²) in [4.78, 5) is 23.2. The van der Waals surface area contributed by atoms with Crippen LogP contribution in [0, 0.1) is 0 Å². The number of hydrogen-bond acceptors (Lipinski definition) is 4. The third kappa shape index (κ3) is 4.60. The third-order valence-electron chi connectivity index (χ3n) is 3.69. The van der Waals surface area contributed by atoms with E-state index >= 15 is 0 Å². The van der Waals surface area contributed by atoms with Crippen molar-refractivity contribution in [3.8, 4) is 0 Å². The molecule has 0 bridgehead atoms. The van der Waals surface area contributed by atoms with Crippen LogP contribution in [0.4, 0.5) is 11.4 Å². The zero-order valence-corrected chi connectivity index (χ0v) is 15.6. The van der Waals surface area contributed by atoms with Crippen LogP contribution in [0.15, 0.2) is 59.5 Å². The van der Waals surface area contributed by atoms with E-state index in [1.807, 2.05) is 0 Å². The smallest absolute Gasteiger partial charge is 0.264 e. The quantitative estimate of drug-likeness (QED) is 0.807. The molecule has 26 heavy (non-hydrogen) atoms. The average molecular weight is 375 g/mol. The minimum Gasteiger partial charge on any atom is -0.345 e. The summed E-state index contributed by atoms with van der Waals surface area (Å²) in [7, 11) is -2.31. The van der Waals surface area contributed by atoms with E-state index in [2.05, 4.69) is 10.6 Å². The standard InChI is InChI=1S/C18H21N3O4S/c1-13(19-14(2)22)18(23)20-15-8-7-11-17(12-15)26(24,25)21(3)16-9-5-4-6-10-16/h4-13H,1-3H3,(H,19,22)(H,20,23)/t13-/m0/s1. The average Bonchev–Trinajstić information content (AvgIpc) is 2.61. The number of carbonyl (C=O) groups is 2. The van der Waals surface area contributed by atoms with Crippen LogP contribution < -0.4 is 14.9 Å². The van der Waals surface area contributed by atoms with Crippen molar-refractivity contribution in [2.24, 2.45) is 0 Å². The largest absolute Gasteiger partial charge is 0.345 e. The van der Waals surface area contributed by atoms with Gasteiger partial charge in [-0.05, 0) is 37.3 Å². The topological polar surface area (TPSA) is 95.6 Å². The minimum atomic E-state index is -3.78. The van der Waals surface area contributed by atoms with E-state index in [1.165, 1.54) is 30.4 Å². The highest BCUT2D eigenvalue weighted by Crippen LogP contribution is 2.23. The van der Waals surface area contributed by atoms with E-state index in [9.17, 15) is 18.0 Å². The fraction of sp³-hybridized carbons (Fsp3) is 0.222. The summed E-state index contributed by atoms with van der Waals surface area (Å²) < 4.78 is 26.8. The Morgan fingerprint density at radius 3 is 2.31 bits per heavy atom. The molecule has 0 saturated heterocycles. The molecular weight excluding hydrogens is 354 g/mol. The molecule has 138 valence electrons. The Morgan fingerprint density at radius 2 is 1.69 bits per heavy atom. The number of carbonyl (C=O) groups excluding carboxylic acids is 2. The third-order valence-corrected chi connectivity index (χ3v) is 5.47. The van der Waals surface area contributed by atoms with Gasteiger partial charge in [-0.25, -0.2) is 8.42 Å². The van der Waals surface area contributed by atoms with E-state index < -0.39 is 22.0 Å². The summed E-state index contributed by atoms with van der Waals surface area (Å²) in [6.45, 7) is 2.86. The van der Waals surface area contributed by atoms with Crippen LogP contribution in [-0.4, -0.2) is 33.3 Å². The molecule has 0 heterocycles. The first-order valence-electron chi connectivity index (χ1n) is 7.94. The maximum Gasteiger partial charge on any atom is 0.264 e. The molecule has 2 rings (SSSR count). The van der Waals surface area contributed by atoms with Crippen molar-refractivity contribution >= 4 is 33.2 Å². The predicted octanol–water partition coefficient (Wildman–Crippen LogP) is 1.97. The molecule has 8 heteroatoms. The van der Waals surface area contributed by atoms with E-state index in [-0.39, 0.29) is 10.8 Å². The van der Waals surface area contributed by atoms with Gasteiger partial charge in [0.15, 0.2) is 0 Å². The summed E-state index contributed by atoms with van der Waals surface area (Å²) in [6.07, 6.45) is 0. The second kappa shape index (κ2) is 8.01. The number of anilines is 2. The normalized spacial score (nSPS) is 12.1. The fourth-order valence-corrected chi connectivity index (χ4v) is 3.53. The highest BCUT2D eigenvalue weighted by Gasteiger charge is 2.22. The summed E-state index contributed by atoms with van der Waals surface area (Å²) in [5.74, 6) is -0.764. The van der Waals surface area contributed by atoms with Gasteiger partial charge in [-0.15, -0.1) is 0 Å². The number of para-hydroxylation sites is 1. The van der Waals surface area contributed by atoms with E-state index in [4.69, 9.17) is 0 Å². The van der Waals surface area contributed by atoms with Crippen LogP contribution in [0.25, 0.3) is 0 Å². The summed E-state index contributed by atoms with van der Waals surface area (Å²) in [5, 5.41) is 5.07. The lowest BCUT2D eigenvalue weighted by molar-refractivity contribution is -0.124. The van der Waals surface area contributed by atoms with E-state index in [0.717, 1.165) is 0 Å². The maximum atomic E-state index is 12.8. The van der Waals surface area contributed by atoms with Gasteiger partial charge in [0.2, 0.25) is 11.8 Å². The molecule has 0 saturated carbocycles. The van der Waals surface area contributed by atoms with Crippen molar-refractivity contribution in [2.75, 3.05) is 16.7 Å². The Kier molecular flexibility index (Phi) is 5.99. The zero-order chi connectivity index (χ0) is 19.3. The van der Waals surface area contributed by atoms with Crippen molar-refractivity contribution in [2.45, 2.75) is 24.8 Å². The molecule has 0 radical (unpaired) electrons. The molecule has 0 unspecified atom stereocenters. The Balaban J connectivity index is 2.23. The summed E-state index contributed by atoms with van der Waals surface area (Å²) in [5.41, 5.74) is 0.857. The van der Waals surface area contributed by atoms with Crippen LogP contribution in [0.5, 0.6) is 0 Å². The van der Waals surface area contributed by atoms with Gasteiger partial charge in [0.05, 0.1) is 10.6 Å². The number of hydrogen-bond donors (Lipinski definition) is 2. The first kappa shape index (κ1) is 19.5. The number of amides is 2. The summed E-state index contributed by atoms with van der Waals surface area (Å²) in [6, 6.07) is 13.9. The molecule has 2 aromatic rings. The Hall–Kier alpha value is -2.87. The van der Waals surface area contributed by atoms with Crippen molar-refractivity contribution < 1.29 is 18.0 Å². The monoisotopic (exact) mass is 375 g/mol. The first-order chi connectivity index (χ1) is 12.2. The zero-order valence-electron chi connectivity index (χ0n) is 14.8. The number of benzene rings is 2. The van der Waals surface area contributed by atoms with Gasteiger partial charge in [-0.1, -0.05) is 24.3 Å².